The second-order valence-electron chi connectivity index (χ2n) is 4.40. The molecule has 0 amide bonds. The van der Waals surface area contributed by atoms with Crippen molar-refractivity contribution in [3.05, 3.63) is 23.8 Å². The summed E-state index contributed by atoms with van der Waals surface area (Å²) in [5, 5.41) is 0. The third-order valence-corrected chi connectivity index (χ3v) is 4.61. The minimum atomic E-state index is -3.39. The summed E-state index contributed by atoms with van der Waals surface area (Å²) in [6, 6.07) is 4.96. The van der Waals surface area contributed by atoms with Crippen molar-refractivity contribution in [2.75, 3.05) is 27.2 Å². The molecule has 0 heterocycles. The van der Waals surface area contributed by atoms with Gasteiger partial charge in [0.15, 0.2) is 0 Å². The molecule has 0 atom stereocenters. The van der Waals surface area contributed by atoms with Crippen molar-refractivity contribution in [1.82, 2.24) is 4.31 Å². The molecule has 108 valence electrons. The fourth-order valence-corrected chi connectivity index (χ4v) is 2.56. The molecule has 1 aromatic carbocycles. The standard InChI is InChI=1S/C13H22N2O3S/c1-4-11-10-12(19(16,17)15(2)3)6-7-13(11)18-9-5-8-14/h6-7,10H,4-5,8-9,14H2,1-3H3. The van der Waals surface area contributed by atoms with Gasteiger partial charge in [-0.15, -0.1) is 0 Å². The molecule has 0 spiro atoms. The highest BCUT2D eigenvalue weighted by molar-refractivity contribution is 7.89. The summed E-state index contributed by atoms with van der Waals surface area (Å²) in [5.41, 5.74) is 6.30. The first-order valence-corrected chi connectivity index (χ1v) is 7.75. The van der Waals surface area contributed by atoms with Crippen molar-refractivity contribution >= 4 is 10.0 Å². The van der Waals surface area contributed by atoms with E-state index < -0.39 is 10.0 Å². The molecule has 0 aliphatic heterocycles. The van der Waals surface area contributed by atoms with Crippen LogP contribution in [0.5, 0.6) is 5.75 Å². The van der Waals surface area contributed by atoms with Crippen molar-refractivity contribution in [3.63, 3.8) is 0 Å². The fraction of sp³-hybridized carbons (Fsp3) is 0.538. The van der Waals surface area contributed by atoms with Gasteiger partial charge in [-0.05, 0) is 43.1 Å². The molecule has 5 nitrogen and oxygen atoms in total. The minimum Gasteiger partial charge on any atom is -0.493 e. The second-order valence-corrected chi connectivity index (χ2v) is 6.55. The Labute approximate surface area is 115 Å². The zero-order valence-electron chi connectivity index (χ0n) is 11.7. The van der Waals surface area contributed by atoms with Crippen LogP contribution in [0, 0.1) is 0 Å². The zero-order valence-corrected chi connectivity index (χ0v) is 12.5. The van der Waals surface area contributed by atoms with E-state index in [4.69, 9.17) is 10.5 Å². The maximum atomic E-state index is 12.0. The van der Waals surface area contributed by atoms with Crippen molar-refractivity contribution in [1.29, 1.82) is 0 Å². The second kappa shape index (κ2) is 6.88. The van der Waals surface area contributed by atoms with Crippen LogP contribution in [0.15, 0.2) is 23.1 Å². The van der Waals surface area contributed by atoms with Gasteiger partial charge in [0.2, 0.25) is 10.0 Å². The van der Waals surface area contributed by atoms with Crippen LogP contribution in [0.2, 0.25) is 0 Å². The molecule has 0 radical (unpaired) electrons. The van der Waals surface area contributed by atoms with Crippen LogP contribution >= 0.6 is 0 Å². The number of aryl methyl sites for hydroxylation is 1. The number of nitrogens with zero attached hydrogens (tertiary/aromatic N) is 1. The lowest BCUT2D eigenvalue weighted by atomic mass is 10.1. The Morgan fingerprint density at radius 1 is 1.32 bits per heavy atom. The van der Waals surface area contributed by atoms with Gasteiger partial charge in [0.25, 0.3) is 0 Å². The van der Waals surface area contributed by atoms with Crippen LogP contribution in [-0.4, -0.2) is 40.0 Å². The molecule has 0 aromatic heterocycles. The van der Waals surface area contributed by atoms with E-state index in [1.807, 2.05) is 6.92 Å². The van der Waals surface area contributed by atoms with Crippen molar-refractivity contribution < 1.29 is 13.2 Å². The number of sulfonamides is 1. The van der Waals surface area contributed by atoms with Crippen LogP contribution in [0.4, 0.5) is 0 Å². The van der Waals surface area contributed by atoms with Gasteiger partial charge in [-0.1, -0.05) is 6.92 Å². The molecule has 1 aromatic rings. The van der Waals surface area contributed by atoms with Crippen LogP contribution in [0.1, 0.15) is 18.9 Å². The monoisotopic (exact) mass is 286 g/mol. The van der Waals surface area contributed by atoms with E-state index in [0.29, 0.717) is 18.0 Å². The number of rotatable bonds is 7. The molecule has 19 heavy (non-hydrogen) atoms. The van der Waals surface area contributed by atoms with Crippen molar-refractivity contribution in [2.24, 2.45) is 5.73 Å². The van der Waals surface area contributed by atoms with Crippen molar-refractivity contribution in [3.8, 4) is 5.75 Å². The molecule has 0 aliphatic rings. The Bertz CT molecular complexity index is 513. The summed E-state index contributed by atoms with van der Waals surface area (Å²) in [4.78, 5) is 0.292. The molecule has 2 N–H and O–H groups in total. The van der Waals surface area contributed by atoms with E-state index in [1.165, 1.54) is 18.4 Å². The molecule has 6 heteroatoms. The first-order chi connectivity index (χ1) is 8.93. The Kier molecular flexibility index (Phi) is 5.78. The van der Waals surface area contributed by atoms with Crippen molar-refractivity contribution in [2.45, 2.75) is 24.7 Å². The van der Waals surface area contributed by atoms with E-state index >= 15 is 0 Å². The molecule has 0 bridgehead atoms. The summed E-state index contributed by atoms with van der Waals surface area (Å²) in [5.74, 6) is 0.730. The van der Waals surface area contributed by atoms with E-state index in [0.717, 1.165) is 24.2 Å². The highest BCUT2D eigenvalue weighted by Gasteiger charge is 2.18. The Hall–Kier alpha value is -1.11. The normalized spacial score (nSPS) is 11.8. The number of hydrogen-bond donors (Lipinski definition) is 1. The highest BCUT2D eigenvalue weighted by Crippen LogP contribution is 2.24. The van der Waals surface area contributed by atoms with E-state index in [9.17, 15) is 8.42 Å². The molecular formula is C13H22N2O3S. The predicted octanol–water partition coefficient (Wildman–Crippen LogP) is 1.23. The predicted molar refractivity (Wildman–Crippen MR) is 75.9 cm³/mol. The third kappa shape index (κ3) is 3.92. The highest BCUT2D eigenvalue weighted by atomic mass is 32.2. The van der Waals surface area contributed by atoms with Gasteiger partial charge < -0.3 is 10.5 Å². The van der Waals surface area contributed by atoms with Gasteiger partial charge >= 0.3 is 0 Å². The molecule has 0 unspecified atom stereocenters. The van der Waals surface area contributed by atoms with Crippen LogP contribution in [0.3, 0.4) is 0 Å². The van der Waals surface area contributed by atoms with Gasteiger partial charge in [0.05, 0.1) is 11.5 Å². The molecule has 1 rings (SSSR count). The number of hydrogen-bond acceptors (Lipinski definition) is 4. The first kappa shape index (κ1) is 15.9. The summed E-state index contributed by atoms with van der Waals surface area (Å²) < 4.78 is 30.9. The first-order valence-electron chi connectivity index (χ1n) is 6.31. The van der Waals surface area contributed by atoms with Gasteiger partial charge in [-0.25, -0.2) is 12.7 Å². The smallest absolute Gasteiger partial charge is 0.242 e. The summed E-state index contributed by atoms with van der Waals surface area (Å²) in [6.45, 7) is 3.09. The van der Waals surface area contributed by atoms with Crippen LogP contribution < -0.4 is 10.5 Å². The Morgan fingerprint density at radius 3 is 2.53 bits per heavy atom. The van der Waals surface area contributed by atoms with E-state index in [1.54, 1.807) is 18.2 Å². The van der Waals surface area contributed by atoms with Gasteiger partial charge in [0.1, 0.15) is 5.75 Å². The topological polar surface area (TPSA) is 72.6 Å². The van der Waals surface area contributed by atoms with Gasteiger partial charge in [0, 0.05) is 14.1 Å². The molecule has 0 saturated carbocycles. The Morgan fingerprint density at radius 2 is 2.00 bits per heavy atom. The number of ether oxygens (including phenoxy) is 1. The lowest BCUT2D eigenvalue weighted by Crippen LogP contribution is -2.22. The lowest BCUT2D eigenvalue weighted by Gasteiger charge is -2.15. The molecule has 0 aliphatic carbocycles. The number of benzene rings is 1. The molecular weight excluding hydrogens is 264 g/mol. The summed E-state index contributed by atoms with van der Waals surface area (Å²) in [7, 11) is -0.353. The lowest BCUT2D eigenvalue weighted by molar-refractivity contribution is 0.310. The SMILES string of the molecule is CCc1cc(S(=O)(=O)N(C)C)ccc1OCCCN. The largest absolute Gasteiger partial charge is 0.493 e. The van der Waals surface area contributed by atoms with Gasteiger partial charge in [-0.3, -0.25) is 0 Å². The quantitative estimate of drug-likeness (QED) is 0.765. The summed E-state index contributed by atoms with van der Waals surface area (Å²) in [6.07, 6.45) is 1.50. The Balaban J connectivity index is 3.02. The third-order valence-electron chi connectivity index (χ3n) is 2.80. The zero-order chi connectivity index (χ0) is 14.5. The maximum absolute atomic E-state index is 12.0. The van der Waals surface area contributed by atoms with Gasteiger partial charge in [-0.2, -0.15) is 0 Å². The fourth-order valence-electron chi connectivity index (χ4n) is 1.61. The molecule has 0 saturated heterocycles. The molecule has 0 fully saturated rings. The summed E-state index contributed by atoms with van der Waals surface area (Å²) >= 11 is 0. The average Bonchev–Trinajstić information content (AvgIpc) is 2.38. The number of nitrogens with two attached hydrogens (primary N) is 1. The average molecular weight is 286 g/mol. The van der Waals surface area contributed by atoms with E-state index in [-0.39, 0.29) is 0 Å². The minimum absolute atomic E-state index is 0.292. The van der Waals surface area contributed by atoms with Crippen LogP contribution in [0.25, 0.3) is 0 Å². The van der Waals surface area contributed by atoms with E-state index in [2.05, 4.69) is 0 Å². The van der Waals surface area contributed by atoms with Crippen LogP contribution in [-0.2, 0) is 16.4 Å². The maximum Gasteiger partial charge on any atom is 0.242 e.